The summed E-state index contributed by atoms with van der Waals surface area (Å²) in [5.74, 6) is -3.74. The van der Waals surface area contributed by atoms with Crippen molar-refractivity contribution in [1.82, 2.24) is 19.5 Å². The molecule has 0 bridgehead atoms. The molecule has 12 heteroatoms. The quantitative estimate of drug-likeness (QED) is 0.402. The molecule has 12 nitrogen and oxygen atoms in total. The van der Waals surface area contributed by atoms with E-state index >= 15 is 0 Å². The number of nitrogen functional groups attached to an aromatic ring is 1. The Morgan fingerprint density at radius 2 is 1.96 bits per heavy atom. The zero-order valence-electron chi connectivity index (χ0n) is 13.3. The Hall–Kier alpha value is -2.83. The monoisotopic (exact) mass is 367 g/mol. The summed E-state index contributed by atoms with van der Waals surface area (Å²) in [6.07, 6.45) is -3.36. The Morgan fingerprint density at radius 3 is 2.62 bits per heavy atom. The van der Waals surface area contributed by atoms with E-state index in [-0.39, 0.29) is 23.4 Å². The second-order valence-corrected chi connectivity index (χ2v) is 6.00. The number of aliphatic hydroxyl groups excluding tert-OH is 2. The number of aromatic nitrogens is 4. The minimum absolute atomic E-state index is 0.130. The Kier molecular flexibility index (Phi) is 4.71. The highest BCUT2D eigenvalue weighted by atomic mass is 16.6. The second-order valence-electron chi connectivity index (χ2n) is 6.00. The number of fused-ring (bicyclic) bond motifs is 1. The van der Waals surface area contributed by atoms with Crippen molar-refractivity contribution in [3.05, 3.63) is 12.7 Å². The van der Waals surface area contributed by atoms with Crippen LogP contribution >= 0.6 is 0 Å². The summed E-state index contributed by atoms with van der Waals surface area (Å²) in [4.78, 5) is 33.9. The molecule has 0 amide bonds. The predicted molar refractivity (Wildman–Crippen MR) is 83.7 cm³/mol. The normalized spacial score (nSPS) is 26.8. The highest BCUT2D eigenvalue weighted by molar-refractivity contribution is 5.81. The Labute approximate surface area is 145 Å². The van der Waals surface area contributed by atoms with E-state index in [1.807, 2.05) is 0 Å². The van der Waals surface area contributed by atoms with Gasteiger partial charge in [-0.15, -0.1) is 0 Å². The van der Waals surface area contributed by atoms with Crippen LogP contribution in [0.4, 0.5) is 5.82 Å². The van der Waals surface area contributed by atoms with Crippen LogP contribution in [0.5, 0.6) is 0 Å². The zero-order valence-corrected chi connectivity index (χ0v) is 13.3. The number of nitrogens with zero attached hydrogens (tertiary/aromatic N) is 4. The molecule has 3 heterocycles. The van der Waals surface area contributed by atoms with Crippen LogP contribution in [-0.2, 0) is 14.3 Å². The van der Waals surface area contributed by atoms with E-state index in [0.29, 0.717) is 0 Å². The molecule has 6 N–H and O–H groups in total. The molecular formula is C14H17N5O7. The van der Waals surface area contributed by atoms with Crippen molar-refractivity contribution in [2.45, 2.75) is 37.4 Å². The number of aliphatic hydroxyl groups is 2. The number of ether oxygens (including phenoxy) is 1. The first-order valence-electron chi connectivity index (χ1n) is 7.68. The number of hydrogen-bond donors (Lipinski definition) is 5. The van der Waals surface area contributed by atoms with Crippen molar-refractivity contribution in [2.75, 3.05) is 5.73 Å². The van der Waals surface area contributed by atoms with E-state index in [1.54, 1.807) is 0 Å². The van der Waals surface area contributed by atoms with E-state index in [9.17, 15) is 19.8 Å². The average molecular weight is 367 g/mol. The SMILES string of the molecule is Nc1ncnc2c1ncn2C1OC(C[C@@H](CC(=O)O)C(=O)O)[C@@H](O)[C@H]1O. The van der Waals surface area contributed by atoms with E-state index < -0.39 is 48.8 Å². The lowest BCUT2D eigenvalue weighted by molar-refractivity contribution is -0.150. The summed E-state index contributed by atoms with van der Waals surface area (Å²) in [5, 5.41) is 38.5. The molecule has 1 aliphatic rings. The molecule has 2 aromatic rings. The third-order valence-electron chi connectivity index (χ3n) is 4.29. The molecule has 0 saturated carbocycles. The summed E-state index contributed by atoms with van der Waals surface area (Å²) < 4.78 is 6.96. The van der Waals surface area contributed by atoms with Crippen molar-refractivity contribution in [3.63, 3.8) is 0 Å². The predicted octanol–water partition coefficient (Wildman–Crippen LogP) is -1.41. The van der Waals surface area contributed by atoms with Gasteiger partial charge in [0.2, 0.25) is 0 Å². The van der Waals surface area contributed by atoms with Gasteiger partial charge < -0.3 is 30.9 Å². The Bertz CT molecular complexity index is 840. The van der Waals surface area contributed by atoms with E-state index in [1.165, 1.54) is 17.2 Å². The number of imidazole rings is 1. The van der Waals surface area contributed by atoms with Gasteiger partial charge in [0.05, 0.1) is 24.8 Å². The van der Waals surface area contributed by atoms with Gasteiger partial charge in [-0.05, 0) is 6.42 Å². The van der Waals surface area contributed by atoms with Crippen LogP contribution in [0.25, 0.3) is 11.2 Å². The van der Waals surface area contributed by atoms with Gasteiger partial charge in [-0.3, -0.25) is 14.2 Å². The molecule has 1 aliphatic heterocycles. The maximum atomic E-state index is 11.2. The standard InChI is InChI=1S/C14H17N5O7/c15-11-8-12(17-3-16-11)19(4-18-8)13-10(23)9(22)6(26-13)1-5(14(24)25)2-7(20)21/h3-6,9-10,13,22-23H,1-2H2,(H,20,21)(H,24,25)(H2,15,16,17)/t5-,6?,9+,10+,13?/m0/s1. The minimum Gasteiger partial charge on any atom is -0.481 e. The average Bonchev–Trinajstić information content (AvgIpc) is 3.11. The molecule has 0 aromatic carbocycles. The maximum absolute atomic E-state index is 11.2. The van der Waals surface area contributed by atoms with Crippen LogP contribution < -0.4 is 5.73 Å². The van der Waals surface area contributed by atoms with Crippen LogP contribution in [-0.4, -0.2) is 70.2 Å². The molecule has 140 valence electrons. The van der Waals surface area contributed by atoms with Crippen molar-refractivity contribution in [1.29, 1.82) is 0 Å². The fourth-order valence-corrected chi connectivity index (χ4v) is 2.97. The molecule has 3 rings (SSSR count). The van der Waals surface area contributed by atoms with E-state index in [2.05, 4.69) is 15.0 Å². The van der Waals surface area contributed by atoms with E-state index in [4.69, 9.17) is 20.7 Å². The van der Waals surface area contributed by atoms with Gasteiger partial charge in [0, 0.05) is 0 Å². The molecule has 0 aliphatic carbocycles. The third kappa shape index (κ3) is 3.16. The molecule has 1 saturated heterocycles. The van der Waals surface area contributed by atoms with Crippen molar-refractivity contribution in [2.24, 2.45) is 5.92 Å². The lowest BCUT2D eigenvalue weighted by Crippen LogP contribution is -2.34. The second kappa shape index (κ2) is 6.82. The molecular weight excluding hydrogens is 350 g/mol. The summed E-state index contributed by atoms with van der Waals surface area (Å²) in [6.45, 7) is 0. The molecule has 26 heavy (non-hydrogen) atoms. The van der Waals surface area contributed by atoms with Crippen LogP contribution in [0.2, 0.25) is 0 Å². The van der Waals surface area contributed by atoms with Crippen LogP contribution in [0, 0.1) is 5.92 Å². The van der Waals surface area contributed by atoms with Crippen molar-refractivity contribution < 1.29 is 34.8 Å². The van der Waals surface area contributed by atoms with Gasteiger partial charge in [0.15, 0.2) is 17.7 Å². The highest BCUT2D eigenvalue weighted by Gasteiger charge is 2.45. The molecule has 0 spiro atoms. The van der Waals surface area contributed by atoms with Gasteiger partial charge in [-0.1, -0.05) is 0 Å². The first-order valence-corrected chi connectivity index (χ1v) is 7.68. The number of aliphatic carboxylic acids is 2. The van der Waals surface area contributed by atoms with Crippen LogP contribution in [0.15, 0.2) is 12.7 Å². The summed E-state index contributed by atoms with van der Waals surface area (Å²) in [7, 11) is 0. The Morgan fingerprint density at radius 1 is 1.23 bits per heavy atom. The number of rotatable bonds is 6. The van der Waals surface area contributed by atoms with Gasteiger partial charge in [-0.25, -0.2) is 15.0 Å². The van der Waals surface area contributed by atoms with Gasteiger partial charge >= 0.3 is 11.9 Å². The summed E-state index contributed by atoms with van der Waals surface area (Å²) in [5.41, 5.74) is 6.26. The number of carbonyl (C=O) groups is 2. The molecule has 0 radical (unpaired) electrons. The number of anilines is 1. The first-order chi connectivity index (χ1) is 12.3. The summed E-state index contributed by atoms with van der Waals surface area (Å²) in [6, 6.07) is 0. The lowest BCUT2D eigenvalue weighted by Gasteiger charge is -2.18. The largest absolute Gasteiger partial charge is 0.481 e. The topological polar surface area (TPSA) is 194 Å². The molecule has 2 aromatic heterocycles. The van der Waals surface area contributed by atoms with Gasteiger partial charge in [0.25, 0.3) is 0 Å². The lowest BCUT2D eigenvalue weighted by atomic mass is 9.95. The molecule has 5 atom stereocenters. The van der Waals surface area contributed by atoms with Crippen LogP contribution in [0.1, 0.15) is 19.1 Å². The number of nitrogens with two attached hydrogens (primary N) is 1. The number of carboxylic acid groups (broad SMARTS) is 2. The smallest absolute Gasteiger partial charge is 0.307 e. The highest BCUT2D eigenvalue weighted by Crippen LogP contribution is 2.35. The van der Waals surface area contributed by atoms with E-state index in [0.717, 1.165) is 0 Å². The molecule has 2 unspecified atom stereocenters. The Balaban J connectivity index is 1.84. The summed E-state index contributed by atoms with van der Waals surface area (Å²) >= 11 is 0. The van der Waals surface area contributed by atoms with Crippen molar-refractivity contribution in [3.8, 4) is 0 Å². The van der Waals surface area contributed by atoms with Crippen LogP contribution in [0.3, 0.4) is 0 Å². The fourth-order valence-electron chi connectivity index (χ4n) is 2.97. The number of hydrogen-bond acceptors (Lipinski definition) is 9. The third-order valence-corrected chi connectivity index (χ3v) is 4.29. The number of carboxylic acids is 2. The minimum atomic E-state index is -1.41. The van der Waals surface area contributed by atoms with Crippen molar-refractivity contribution >= 4 is 28.9 Å². The zero-order chi connectivity index (χ0) is 19.0. The first kappa shape index (κ1) is 18.0. The fraction of sp³-hybridized carbons (Fsp3) is 0.500. The van der Waals surface area contributed by atoms with Gasteiger partial charge in [0.1, 0.15) is 24.1 Å². The maximum Gasteiger partial charge on any atom is 0.307 e. The molecule has 1 fully saturated rings. The van der Waals surface area contributed by atoms with Gasteiger partial charge in [-0.2, -0.15) is 0 Å².